The van der Waals surface area contributed by atoms with Crippen LogP contribution >= 0.6 is 0 Å². The highest BCUT2D eigenvalue weighted by Gasteiger charge is 2.38. The molecular weight excluding hydrogens is 286 g/mol. The zero-order valence-electron chi connectivity index (χ0n) is 12.8. The number of benzene rings is 1. The van der Waals surface area contributed by atoms with E-state index in [0.29, 0.717) is 5.75 Å². The Morgan fingerprint density at radius 2 is 2.14 bits per heavy atom. The van der Waals surface area contributed by atoms with Gasteiger partial charge in [-0.1, -0.05) is 18.2 Å². The number of rotatable bonds is 3. The molecule has 2 atom stereocenters. The minimum Gasteiger partial charge on any atom is -0.487 e. The SMILES string of the molecule is CNC(c1cccc2c1OC(C)(C)C2)C1CCS(=O)(=O)C1. The second kappa shape index (κ2) is 4.99. The molecule has 1 fully saturated rings. The molecule has 4 nitrogen and oxygen atoms in total. The second-order valence-corrected chi connectivity index (χ2v) is 9.03. The number of para-hydroxylation sites is 1. The number of hydrogen-bond acceptors (Lipinski definition) is 4. The molecule has 0 aliphatic carbocycles. The van der Waals surface area contributed by atoms with Crippen LogP contribution < -0.4 is 10.1 Å². The Morgan fingerprint density at radius 3 is 2.76 bits per heavy atom. The van der Waals surface area contributed by atoms with Crippen LogP contribution in [0.3, 0.4) is 0 Å². The molecule has 3 rings (SSSR count). The molecule has 1 aromatic carbocycles. The Balaban J connectivity index is 1.95. The summed E-state index contributed by atoms with van der Waals surface area (Å²) < 4.78 is 29.7. The summed E-state index contributed by atoms with van der Waals surface area (Å²) in [5.41, 5.74) is 2.14. The molecule has 0 bridgehead atoms. The van der Waals surface area contributed by atoms with Crippen molar-refractivity contribution in [1.82, 2.24) is 5.32 Å². The highest BCUT2D eigenvalue weighted by Crippen LogP contribution is 2.43. The predicted molar refractivity (Wildman–Crippen MR) is 83.4 cm³/mol. The molecular formula is C16H23NO3S. The van der Waals surface area contributed by atoms with E-state index in [0.717, 1.165) is 24.2 Å². The van der Waals surface area contributed by atoms with E-state index in [-0.39, 0.29) is 23.3 Å². The van der Waals surface area contributed by atoms with Crippen LogP contribution in [0.4, 0.5) is 0 Å². The van der Waals surface area contributed by atoms with Gasteiger partial charge in [0.2, 0.25) is 0 Å². The predicted octanol–water partition coefficient (Wildman–Crippen LogP) is 2.10. The topological polar surface area (TPSA) is 55.4 Å². The monoisotopic (exact) mass is 309 g/mol. The summed E-state index contributed by atoms with van der Waals surface area (Å²) in [6.45, 7) is 4.18. The normalized spacial score (nSPS) is 27.1. The minimum absolute atomic E-state index is 0.0334. The van der Waals surface area contributed by atoms with E-state index in [1.54, 1.807) is 0 Å². The first-order valence-electron chi connectivity index (χ1n) is 7.50. The Kier molecular flexibility index (Phi) is 3.53. The molecule has 2 aliphatic rings. The van der Waals surface area contributed by atoms with Crippen molar-refractivity contribution in [2.75, 3.05) is 18.6 Å². The average molecular weight is 309 g/mol. The summed E-state index contributed by atoms with van der Waals surface area (Å²) in [5, 5.41) is 3.31. The largest absolute Gasteiger partial charge is 0.487 e. The zero-order chi connectivity index (χ0) is 15.3. The summed E-state index contributed by atoms with van der Waals surface area (Å²) in [4.78, 5) is 0. The van der Waals surface area contributed by atoms with Gasteiger partial charge in [-0.3, -0.25) is 0 Å². The van der Waals surface area contributed by atoms with Crippen LogP contribution in [0.5, 0.6) is 5.75 Å². The molecule has 1 aromatic rings. The van der Waals surface area contributed by atoms with Gasteiger partial charge in [-0.05, 0) is 38.8 Å². The van der Waals surface area contributed by atoms with Gasteiger partial charge in [-0.2, -0.15) is 0 Å². The molecule has 2 heterocycles. The molecule has 0 radical (unpaired) electrons. The van der Waals surface area contributed by atoms with E-state index in [1.165, 1.54) is 5.56 Å². The summed E-state index contributed by atoms with van der Waals surface area (Å²) in [6, 6.07) is 6.25. The summed E-state index contributed by atoms with van der Waals surface area (Å²) >= 11 is 0. The second-order valence-electron chi connectivity index (χ2n) is 6.80. The van der Waals surface area contributed by atoms with Crippen LogP contribution in [-0.4, -0.2) is 32.6 Å². The van der Waals surface area contributed by atoms with Gasteiger partial charge in [0.15, 0.2) is 9.84 Å². The van der Waals surface area contributed by atoms with Gasteiger partial charge >= 0.3 is 0 Å². The number of sulfone groups is 1. The first-order valence-corrected chi connectivity index (χ1v) is 9.32. The smallest absolute Gasteiger partial charge is 0.150 e. The van der Waals surface area contributed by atoms with E-state index in [4.69, 9.17) is 4.74 Å². The van der Waals surface area contributed by atoms with Crippen LogP contribution in [0.25, 0.3) is 0 Å². The maximum atomic E-state index is 11.8. The quantitative estimate of drug-likeness (QED) is 0.929. The number of fused-ring (bicyclic) bond motifs is 1. The van der Waals surface area contributed by atoms with Crippen molar-refractivity contribution in [3.8, 4) is 5.75 Å². The van der Waals surface area contributed by atoms with Crippen LogP contribution in [0.1, 0.15) is 37.4 Å². The van der Waals surface area contributed by atoms with Crippen molar-refractivity contribution in [1.29, 1.82) is 0 Å². The van der Waals surface area contributed by atoms with E-state index < -0.39 is 9.84 Å². The fourth-order valence-electron chi connectivity index (χ4n) is 3.62. The lowest BCUT2D eigenvalue weighted by Crippen LogP contribution is -2.28. The lowest BCUT2D eigenvalue weighted by Gasteiger charge is -2.25. The third-order valence-corrected chi connectivity index (χ3v) is 6.30. The molecule has 1 saturated heterocycles. The van der Waals surface area contributed by atoms with Crippen molar-refractivity contribution in [2.45, 2.75) is 38.3 Å². The molecule has 1 N–H and O–H groups in total. The van der Waals surface area contributed by atoms with Crippen molar-refractivity contribution in [2.24, 2.45) is 5.92 Å². The third-order valence-electron chi connectivity index (χ3n) is 4.51. The van der Waals surface area contributed by atoms with Gasteiger partial charge in [-0.25, -0.2) is 8.42 Å². The molecule has 0 aromatic heterocycles. The average Bonchev–Trinajstić information content (AvgIpc) is 2.89. The fraction of sp³-hybridized carbons (Fsp3) is 0.625. The Labute approximate surface area is 126 Å². The summed E-state index contributed by atoms with van der Waals surface area (Å²) in [6.07, 6.45) is 1.62. The maximum absolute atomic E-state index is 11.8. The Hall–Kier alpha value is -1.07. The van der Waals surface area contributed by atoms with Gasteiger partial charge in [0.05, 0.1) is 11.5 Å². The van der Waals surface area contributed by atoms with Gasteiger partial charge in [-0.15, -0.1) is 0 Å². The molecule has 0 amide bonds. The molecule has 2 unspecified atom stereocenters. The fourth-order valence-corrected chi connectivity index (χ4v) is 5.46. The first kappa shape index (κ1) is 14.9. The number of ether oxygens (including phenoxy) is 1. The van der Waals surface area contributed by atoms with Crippen molar-refractivity contribution in [3.63, 3.8) is 0 Å². The van der Waals surface area contributed by atoms with E-state index >= 15 is 0 Å². The van der Waals surface area contributed by atoms with Gasteiger partial charge in [0.25, 0.3) is 0 Å². The van der Waals surface area contributed by atoms with Crippen LogP contribution in [-0.2, 0) is 16.3 Å². The van der Waals surface area contributed by atoms with Crippen molar-refractivity contribution < 1.29 is 13.2 Å². The Bertz CT molecular complexity index is 651. The number of hydrogen-bond donors (Lipinski definition) is 1. The third kappa shape index (κ3) is 2.81. The molecule has 21 heavy (non-hydrogen) atoms. The molecule has 5 heteroatoms. The van der Waals surface area contributed by atoms with E-state index in [2.05, 4.69) is 31.3 Å². The van der Waals surface area contributed by atoms with Crippen molar-refractivity contribution in [3.05, 3.63) is 29.3 Å². The minimum atomic E-state index is -2.88. The van der Waals surface area contributed by atoms with Crippen LogP contribution in [0, 0.1) is 5.92 Å². The first-order chi connectivity index (χ1) is 9.81. The molecule has 2 aliphatic heterocycles. The van der Waals surface area contributed by atoms with Crippen LogP contribution in [0.2, 0.25) is 0 Å². The molecule has 0 spiro atoms. The number of nitrogens with one attached hydrogen (secondary N) is 1. The van der Waals surface area contributed by atoms with Gasteiger partial charge < -0.3 is 10.1 Å². The van der Waals surface area contributed by atoms with Crippen molar-refractivity contribution >= 4 is 9.84 Å². The summed E-state index contributed by atoms with van der Waals surface area (Å²) in [7, 11) is -0.978. The summed E-state index contributed by atoms with van der Waals surface area (Å²) in [5.74, 6) is 1.65. The van der Waals surface area contributed by atoms with E-state index in [1.807, 2.05) is 13.1 Å². The maximum Gasteiger partial charge on any atom is 0.150 e. The van der Waals surface area contributed by atoms with Gasteiger partial charge in [0.1, 0.15) is 11.4 Å². The zero-order valence-corrected chi connectivity index (χ0v) is 13.7. The Morgan fingerprint density at radius 1 is 1.38 bits per heavy atom. The lowest BCUT2D eigenvalue weighted by atomic mass is 9.90. The molecule has 116 valence electrons. The van der Waals surface area contributed by atoms with Gasteiger partial charge in [0, 0.05) is 18.0 Å². The highest BCUT2D eigenvalue weighted by molar-refractivity contribution is 7.91. The molecule has 0 saturated carbocycles. The lowest BCUT2D eigenvalue weighted by molar-refractivity contribution is 0.135. The van der Waals surface area contributed by atoms with Crippen LogP contribution in [0.15, 0.2) is 18.2 Å². The standard InChI is InChI=1S/C16H23NO3S/c1-16(2)9-11-5-4-6-13(15(11)20-16)14(17-3)12-7-8-21(18,19)10-12/h4-6,12,14,17H,7-10H2,1-3H3. The van der Waals surface area contributed by atoms with E-state index in [9.17, 15) is 8.42 Å². The highest BCUT2D eigenvalue weighted by atomic mass is 32.2.